The first kappa shape index (κ1) is 15.0. The van der Waals surface area contributed by atoms with Gasteiger partial charge in [0.05, 0.1) is 24.1 Å². The molecular formula is C15H16N4O2. The van der Waals surface area contributed by atoms with Gasteiger partial charge < -0.3 is 9.47 Å². The second-order valence-corrected chi connectivity index (χ2v) is 5.51. The molecule has 0 amide bonds. The monoisotopic (exact) mass is 284 g/mol. The molecule has 0 spiro atoms. The highest BCUT2D eigenvalue weighted by atomic mass is 16.7. The zero-order chi connectivity index (χ0) is 15.9. The molecule has 2 aliphatic rings. The maximum absolute atomic E-state index is 9.80. The van der Waals surface area contributed by atoms with Crippen LogP contribution in [0.1, 0.15) is 26.7 Å². The normalized spacial score (nSPS) is 39.5. The summed E-state index contributed by atoms with van der Waals surface area (Å²) in [6, 6.07) is 5.90. The molecule has 1 N–H and O–H groups in total. The van der Waals surface area contributed by atoms with Crippen LogP contribution in [0.15, 0.2) is 12.7 Å². The van der Waals surface area contributed by atoms with Gasteiger partial charge in [0.15, 0.2) is 5.41 Å². The van der Waals surface area contributed by atoms with Crippen LogP contribution < -0.4 is 0 Å². The van der Waals surface area contributed by atoms with E-state index in [2.05, 4.69) is 12.6 Å². The second kappa shape index (κ2) is 4.58. The molecule has 6 heteroatoms. The summed E-state index contributed by atoms with van der Waals surface area (Å²) in [5.74, 6) is -2.11. The minimum atomic E-state index is -1.84. The molecule has 0 radical (unpaired) electrons. The number of rotatable bonds is 3. The Morgan fingerprint density at radius 1 is 1.33 bits per heavy atom. The van der Waals surface area contributed by atoms with Crippen molar-refractivity contribution in [1.82, 2.24) is 0 Å². The van der Waals surface area contributed by atoms with Crippen LogP contribution in [0, 0.1) is 56.2 Å². The first-order valence-electron chi connectivity index (χ1n) is 6.74. The zero-order valence-corrected chi connectivity index (χ0v) is 12.0. The van der Waals surface area contributed by atoms with E-state index in [0.717, 1.165) is 6.42 Å². The highest BCUT2D eigenvalue weighted by Gasteiger charge is 2.78. The Bertz CT molecular complexity index is 609. The van der Waals surface area contributed by atoms with Crippen LogP contribution in [0.3, 0.4) is 0 Å². The van der Waals surface area contributed by atoms with Gasteiger partial charge in [0.1, 0.15) is 6.10 Å². The average Bonchev–Trinajstić information content (AvgIpc) is 2.64. The van der Waals surface area contributed by atoms with Crippen molar-refractivity contribution in [3.05, 3.63) is 12.7 Å². The van der Waals surface area contributed by atoms with Gasteiger partial charge in [-0.15, -0.1) is 6.58 Å². The number of hydrogen-bond donors (Lipinski definition) is 1. The van der Waals surface area contributed by atoms with Crippen LogP contribution >= 0.6 is 0 Å². The summed E-state index contributed by atoms with van der Waals surface area (Å²) in [5.41, 5.74) is -3.48. The van der Waals surface area contributed by atoms with Crippen LogP contribution in [0.2, 0.25) is 0 Å². The number of fused-ring (bicyclic) bond motifs is 2. The molecule has 108 valence electrons. The summed E-state index contributed by atoms with van der Waals surface area (Å²) in [6.45, 7) is 7.18. The van der Waals surface area contributed by atoms with Gasteiger partial charge in [-0.25, -0.2) is 0 Å². The highest BCUT2D eigenvalue weighted by Crippen LogP contribution is 2.63. The quantitative estimate of drug-likeness (QED) is 0.798. The van der Waals surface area contributed by atoms with E-state index in [9.17, 15) is 15.8 Å². The van der Waals surface area contributed by atoms with E-state index in [-0.39, 0.29) is 5.90 Å². The fraction of sp³-hybridized carbons (Fsp3) is 0.600. The largest absolute Gasteiger partial charge is 0.448 e. The van der Waals surface area contributed by atoms with Crippen LogP contribution in [0.25, 0.3) is 0 Å². The first-order valence-corrected chi connectivity index (χ1v) is 6.74. The molecule has 2 fully saturated rings. The number of nitrogens with zero attached hydrogens (tertiary/aromatic N) is 3. The van der Waals surface area contributed by atoms with Gasteiger partial charge in [-0.05, 0) is 6.42 Å². The van der Waals surface area contributed by atoms with E-state index in [0.29, 0.717) is 6.42 Å². The molecule has 4 atom stereocenters. The number of nitriles is 3. The summed E-state index contributed by atoms with van der Waals surface area (Å²) >= 11 is 0. The molecule has 0 saturated carbocycles. The molecule has 2 rings (SSSR count). The maximum Gasteiger partial charge on any atom is 0.214 e. The topological polar surface area (TPSA) is 114 Å². The summed E-state index contributed by atoms with van der Waals surface area (Å²) in [6.07, 6.45) is 1.57. The maximum atomic E-state index is 9.80. The van der Waals surface area contributed by atoms with E-state index < -0.39 is 28.6 Å². The molecule has 0 aromatic rings. The van der Waals surface area contributed by atoms with Gasteiger partial charge in [-0.1, -0.05) is 19.4 Å². The van der Waals surface area contributed by atoms with E-state index in [1.165, 1.54) is 6.08 Å². The second-order valence-electron chi connectivity index (χ2n) is 5.51. The van der Waals surface area contributed by atoms with Crippen molar-refractivity contribution >= 4 is 5.90 Å². The van der Waals surface area contributed by atoms with E-state index in [1.807, 2.05) is 19.1 Å². The minimum Gasteiger partial charge on any atom is -0.448 e. The van der Waals surface area contributed by atoms with Gasteiger partial charge in [-0.3, -0.25) is 5.41 Å². The Morgan fingerprint density at radius 2 is 1.95 bits per heavy atom. The van der Waals surface area contributed by atoms with E-state index in [1.54, 1.807) is 6.92 Å². The molecule has 0 aromatic heterocycles. The lowest BCUT2D eigenvalue weighted by atomic mass is 9.53. The molecule has 2 aliphatic heterocycles. The van der Waals surface area contributed by atoms with Crippen LogP contribution in [0.4, 0.5) is 0 Å². The summed E-state index contributed by atoms with van der Waals surface area (Å²) < 4.78 is 11.3. The van der Waals surface area contributed by atoms with Crippen LogP contribution in [-0.4, -0.2) is 17.8 Å². The van der Waals surface area contributed by atoms with Gasteiger partial charge >= 0.3 is 0 Å². The Labute approximate surface area is 123 Å². The molecule has 2 bridgehead atoms. The average molecular weight is 284 g/mol. The molecule has 4 unspecified atom stereocenters. The van der Waals surface area contributed by atoms with Crippen molar-refractivity contribution in [2.75, 3.05) is 0 Å². The lowest BCUT2D eigenvalue weighted by Gasteiger charge is -2.47. The van der Waals surface area contributed by atoms with Gasteiger partial charge in [0.25, 0.3) is 0 Å². The Morgan fingerprint density at radius 3 is 2.38 bits per heavy atom. The van der Waals surface area contributed by atoms with Gasteiger partial charge in [0.2, 0.25) is 17.1 Å². The van der Waals surface area contributed by atoms with Crippen molar-refractivity contribution in [2.24, 2.45) is 16.7 Å². The predicted octanol–water partition coefficient (Wildman–Crippen LogP) is 2.25. The standard InChI is InChI=1S/C15H16N4O2/c1-4-6-10-13(3)20-11(5-2)14(7-16,8-17)15(10,9-18)12(19)21-13/h5,10-11,19H,2,4,6H2,1,3H3. The fourth-order valence-corrected chi connectivity index (χ4v) is 3.57. The van der Waals surface area contributed by atoms with Crippen molar-refractivity contribution in [1.29, 1.82) is 21.2 Å². The smallest absolute Gasteiger partial charge is 0.214 e. The first-order chi connectivity index (χ1) is 9.92. The third-order valence-electron chi connectivity index (χ3n) is 4.55. The van der Waals surface area contributed by atoms with Crippen molar-refractivity contribution in [2.45, 2.75) is 38.6 Å². The van der Waals surface area contributed by atoms with Crippen LogP contribution in [0.5, 0.6) is 0 Å². The Hall–Kier alpha value is -2.36. The Balaban J connectivity index is 2.81. The van der Waals surface area contributed by atoms with Crippen LogP contribution in [-0.2, 0) is 9.47 Å². The van der Waals surface area contributed by atoms with Crippen molar-refractivity contribution in [3.8, 4) is 18.2 Å². The fourth-order valence-electron chi connectivity index (χ4n) is 3.57. The van der Waals surface area contributed by atoms with E-state index in [4.69, 9.17) is 14.9 Å². The molecule has 0 aromatic carbocycles. The molecule has 21 heavy (non-hydrogen) atoms. The lowest BCUT2D eigenvalue weighted by Crippen LogP contribution is -2.61. The molecule has 2 heterocycles. The summed E-state index contributed by atoms with van der Waals surface area (Å²) in [7, 11) is 0. The SMILES string of the molecule is C=CC1OC2(C)OC(=N)C(C#N)(C2CCC)C1(C#N)C#N. The molecule has 6 nitrogen and oxygen atoms in total. The Kier molecular flexibility index (Phi) is 3.28. The molecule has 0 aliphatic carbocycles. The third-order valence-corrected chi connectivity index (χ3v) is 4.55. The molecule has 2 saturated heterocycles. The van der Waals surface area contributed by atoms with E-state index >= 15 is 0 Å². The highest BCUT2D eigenvalue weighted by molar-refractivity contribution is 5.89. The number of hydrogen-bond acceptors (Lipinski definition) is 6. The number of ether oxygens (including phenoxy) is 2. The summed E-state index contributed by atoms with van der Waals surface area (Å²) in [5, 5.41) is 37.2. The lowest BCUT2D eigenvalue weighted by molar-refractivity contribution is -0.258. The van der Waals surface area contributed by atoms with Crippen molar-refractivity contribution < 1.29 is 9.47 Å². The minimum absolute atomic E-state index is 0.363. The predicted molar refractivity (Wildman–Crippen MR) is 72.4 cm³/mol. The van der Waals surface area contributed by atoms with Gasteiger partial charge in [-0.2, -0.15) is 15.8 Å². The summed E-state index contributed by atoms with van der Waals surface area (Å²) in [4.78, 5) is 0. The van der Waals surface area contributed by atoms with Gasteiger partial charge in [0, 0.05) is 6.92 Å². The molecular weight excluding hydrogens is 268 g/mol. The third kappa shape index (κ3) is 1.45. The number of nitrogens with one attached hydrogen (secondary N) is 1. The van der Waals surface area contributed by atoms with Crippen molar-refractivity contribution in [3.63, 3.8) is 0 Å². The zero-order valence-electron chi connectivity index (χ0n) is 12.0.